The summed E-state index contributed by atoms with van der Waals surface area (Å²) in [6.45, 7) is 1.36. The van der Waals surface area contributed by atoms with Gasteiger partial charge in [0.2, 0.25) is 11.7 Å². The van der Waals surface area contributed by atoms with Crippen LogP contribution in [0.25, 0.3) is 22.4 Å². The van der Waals surface area contributed by atoms with Crippen molar-refractivity contribution >= 4 is 34.4 Å². The van der Waals surface area contributed by atoms with E-state index in [1.54, 1.807) is 31.0 Å². The molecule has 0 aliphatic heterocycles. The monoisotopic (exact) mass is 400 g/mol. The molecule has 6 nitrogen and oxygen atoms in total. The molecular formula is C19H17ClN4O2S. The van der Waals surface area contributed by atoms with E-state index in [9.17, 15) is 0 Å². The minimum Gasteiger partial charge on any atom is -0.383 e. The van der Waals surface area contributed by atoms with Crippen LogP contribution in [0, 0.1) is 0 Å². The molecule has 4 aromatic rings. The lowest BCUT2D eigenvalue weighted by Crippen LogP contribution is -2.05. The third-order valence-electron chi connectivity index (χ3n) is 4.03. The van der Waals surface area contributed by atoms with Gasteiger partial charge in [-0.2, -0.15) is 4.98 Å². The van der Waals surface area contributed by atoms with Gasteiger partial charge in [-0.05, 0) is 36.4 Å². The number of benzene rings is 2. The SMILES string of the molecule is COCCn1c(SCc2nc(-c3ccc(Cl)cc3)no2)nc2ccccc21. The summed E-state index contributed by atoms with van der Waals surface area (Å²) in [4.78, 5) is 9.19. The Morgan fingerprint density at radius 3 is 2.74 bits per heavy atom. The molecular weight excluding hydrogens is 384 g/mol. The van der Waals surface area contributed by atoms with E-state index in [0.29, 0.717) is 29.1 Å². The minimum atomic E-state index is 0.539. The molecule has 0 atom stereocenters. The van der Waals surface area contributed by atoms with Crippen molar-refractivity contribution in [3.63, 3.8) is 0 Å². The predicted octanol–water partition coefficient (Wildman–Crippen LogP) is 4.68. The number of halogens is 1. The normalized spacial score (nSPS) is 11.3. The summed E-state index contributed by atoms with van der Waals surface area (Å²) in [5, 5.41) is 5.63. The summed E-state index contributed by atoms with van der Waals surface area (Å²) in [5.74, 6) is 1.64. The Balaban J connectivity index is 1.52. The molecule has 2 aromatic heterocycles. The van der Waals surface area contributed by atoms with Gasteiger partial charge in [-0.3, -0.25) is 0 Å². The van der Waals surface area contributed by atoms with E-state index in [4.69, 9.17) is 25.8 Å². The van der Waals surface area contributed by atoms with Crippen molar-refractivity contribution < 1.29 is 9.26 Å². The summed E-state index contributed by atoms with van der Waals surface area (Å²) >= 11 is 7.49. The second-order valence-corrected chi connectivity index (χ2v) is 7.21. The molecule has 0 bridgehead atoms. The summed E-state index contributed by atoms with van der Waals surface area (Å²) in [6, 6.07) is 15.4. The molecule has 8 heteroatoms. The fraction of sp³-hybridized carbons (Fsp3) is 0.211. The van der Waals surface area contributed by atoms with Gasteiger partial charge < -0.3 is 13.8 Å². The predicted molar refractivity (Wildman–Crippen MR) is 106 cm³/mol. The van der Waals surface area contributed by atoms with Gasteiger partial charge >= 0.3 is 0 Å². The second-order valence-electron chi connectivity index (χ2n) is 5.83. The van der Waals surface area contributed by atoms with Crippen LogP contribution in [0.2, 0.25) is 5.02 Å². The van der Waals surface area contributed by atoms with Gasteiger partial charge in [0.25, 0.3) is 0 Å². The maximum atomic E-state index is 5.92. The first kappa shape index (κ1) is 18.0. The molecule has 0 saturated carbocycles. The number of nitrogens with zero attached hydrogens (tertiary/aromatic N) is 4. The third kappa shape index (κ3) is 4.00. The Hall–Kier alpha value is -2.35. The number of thioether (sulfide) groups is 1. The number of imidazole rings is 1. The first-order chi connectivity index (χ1) is 13.2. The number of hydrogen-bond acceptors (Lipinski definition) is 6. The summed E-state index contributed by atoms with van der Waals surface area (Å²) in [7, 11) is 1.70. The van der Waals surface area contributed by atoms with Gasteiger partial charge in [0.1, 0.15) is 0 Å². The number of aromatic nitrogens is 4. The molecule has 0 spiro atoms. The summed E-state index contributed by atoms with van der Waals surface area (Å²) in [6.07, 6.45) is 0. The number of ether oxygens (including phenoxy) is 1. The minimum absolute atomic E-state index is 0.539. The van der Waals surface area contributed by atoms with Crippen molar-refractivity contribution in [3.05, 3.63) is 59.4 Å². The van der Waals surface area contributed by atoms with Crippen LogP contribution < -0.4 is 0 Å². The Morgan fingerprint density at radius 2 is 1.93 bits per heavy atom. The van der Waals surface area contributed by atoms with Crippen LogP contribution in [0.3, 0.4) is 0 Å². The van der Waals surface area contributed by atoms with E-state index in [0.717, 1.165) is 28.3 Å². The highest BCUT2D eigenvalue weighted by Crippen LogP contribution is 2.27. The fourth-order valence-corrected chi connectivity index (χ4v) is 3.72. The van der Waals surface area contributed by atoms with Crippen molar-refractivity contribution in [2.45, 2.75) is 17.5 Å². The Morgan fingerprint density at radius 1 is 1.11 bits per heavy atom. The number of rotatable bonds is 7. The molecule has 138 valence electrons. The van der Waals surface area contributed by atoms with Crippen molar-refractivity contribution in [3.8, 4) is 11.4 Å². The molecule has 0 amide bonds. The zero-order valence-electron chi connectivity index (χ0n) is 14.6. The van der Waals surface area contributed by atoms with E-state index in [1.165, 1.54) is 0 Å². The molecule has 0 N–H and O–H groups in total. The molecule has 0 fully saturated rings. The molecule has 4 rings (SSSR count). The topological polar surface area (TPSA) is 66.0 Å². The van der Waals surface area contributed by atoms with Crippen molar-refractivity contribution in [1.29, 1.82) is 0 Å². The zero-order valence-corrected chi connectivity index (χ0v) is 16.2. The lowest BCUT2D eigenvalue weighted by Gasteiger charge is -2.07. The van der Waals surface area contributed by atoms with Crippen molar-refractivity contribution in [2.24, 2.45) is 0 Å². The summed E-state index contributed by atoms with van der Waals surface area (Å²) < 4.78 is 12.8. The van der Waals surface area contributed by atoms with Crippen LogP contribution in [-0.4, -0.2) is 33.4 Å². The Bertz CT molecular complexity index is 1050. The van der Waals surface area contributed by atoms with Crippen LogP contribution in [0.1, 0.15) is 5.89 Å². The number of methoxy groups -OCH3 is 1. The quantitative estimate of drug-likeness (QED) is 0.420. The summed E-state index contributed by atoms with van der Waals surface area (Å²) in [5.41, 5.74) is 2.92. The fourth-order valence-electron chi connectivity index (χ4n) is 2.72. The lowest BCUT2D eigenvalue weighted by atomic mass is 10.2. The second kappa shape index (κ2) is 8.12. The van der Waals surface area contributed by atoms with Crippen LogP contribution in [0.4, 0.5) is 0 Å². The van der Waals surface area contributed by atoms with E-state index >= 15 is 0 Å². The molecule has 0 unspecified atom stereocenters. The van der Waals surface area contributed by atoms with E-state index in [1.807, 2.05) is 30.3 Å². The van der Waals surface area contributed by atoms with Gasteiger partial charge in [0, 0.05) is 24.2 Å². The van der Waals surface area contributed by atoms with Crippen LogP contribution in [0.5, 0.6) is 0 Å². The highest BCUT2D eigenvalue weighted by Gasteiger charge is 2.14. The lowest BCUT2D eigenvalue weighted by molar-refractivity contribution is 0.186. The first-order valence-corrected chi connectivity index (χ1v) is 9.76. The highest BCUT2D eigenvalue weighted by molar-refractivity contribution is 7.98. The average molecular weight is 401 g/mol. The van der Waals surface area contributed by atoms with Gasteiger partial charge in [-0.15, -0.1) is 0 Å². The molecule has 2 aromatic carbocycles. The zero-order chi connectivity index (χ0) is 18.6. The molecule has 0 aliphatic carbocycles. The molecule has 0 aliphatic rings. The molecule has 27 heavy (non-hydrogen) atoms. The highest BCUT2D eigenvalue weighted by atomic mass is 35.5. The average Bonchev–Trinajstić information content (AvgIpc) is 3.30. The molecule has 0 radical (unpaired) electrons. The molecule has 0 saturated heterocycles. The van der Waals surface area contributed by atoms with E-state index < -0.39 is 0 Å². The molecule has 2 heterocycles. The van der Waals surface area contributed by atoms with Crippen LogP contribution >= 0.6 is 23.4 Å². The largest absolute Gasteiger partial charge is 0.383 e. The third-order valence-corrected chi connectivity index (χ3v) is 5.25. The van der Waals surface area contributed by atoms with Gasteiger partial charge in [0.15, 0.2) is 5.16 Å². The van der Waals surface area contributed by atoms with Crippen molar-refractivity contribution in [2.75, 3.05) is 13.7 Å². The van der Waals surface area contributed by atoms with Crippen molar-refractivity contribution in [1.82, 2.24) is 19.7 Å². The smallest absolute Gasteiger partial charge is 0.237 e. The number of para-hydroxylation sites is 2. The standard InChI is InChI=1S/C19H17ClN4O2S/c1-25-11-10-24-16-5-3-2-4-15(16)21-19(24)27-12-17-22-18(23-26-17)13-6-8-14(20)9-7-13/h2-9H,10-12H2,1H3. The van der Waals surface area contributed by atoms with Gasteiger partial charge in [0.05, 0.1) is 23.4 Å². The Labute approximate surface area is 165 Å². The number of fused-ring (bicyclic) bond motifs is 1. The van der Waals surface area contributed by atoms with Gasteiger partial charge in [-0.25, -0.2) is 4.98 Å². The van der Waals surface area contributed by atoms with Crippen LogP contribution in [0.15, 0.2) is 58.2 Å². The van der Waals surface area contributed by atoms with Crippen LogP contribution in [-0.2, 0) is 17.0 Å². The van der Waals surface area contributed by atoms with E-state index in [2.05, 4.69) is 20.8 Å². The first-order valence-electron chi connectivity index (χ1n) is 8.40. The maximum Gasteiger partial charge on any atom is 0.237 e. The number of hydrogen-bond donors (Lipinski definition) is 0. The maximum absolute atomic E-state index is 5.92. The Kier molecular flexibility index (Phi) is 5.42. The van der Waals surface area contributed by atoms with E-state index in [-0.39, 0.29) is 0 Å². The van der Waals surface area contributed by atoms with Gasteiger partial charge in [-0.1, -0.05) is 40.7 Å².